The van der Waals surface area contributed by atoms with Crippen molar-refractivity contribution in [2.75, 3.05) is 6.54 Å². The average molecular weight is 279 g/mol. The molecule has 0 aliphatic heterocycles. The topological polar surface area (TPSA) is 51.0 Å². The maximum atomic E-state index is 5.78. The fraction of sp³-hybridized carbons (Fsp3) is 0.875. The van der Waals surface area contributed by atoms with E-state index >= 15 is 0 Å². The number of hydrogen-bond donors (Lipinski definition) is 1. The Hall–Kier alpha value is -0.900. The summed E-state index contributed by atoms with van der Waals surface area (Å²) in [5.41, 5.74) is 0.142. The van der Waals surface area contributed by atoms with Crippen molar-refractivity contribution in [3.8, 4) is 0 Å². The Kier molecular flexibility index (Phi) is 5.58. The van der Waals surface area contributed by atoms with Crippen molar-refractivity contribution < 1.29 is 4.42 Å². The van der Waals surface area contributed by atoms with Crippen molar-refractivity contribution in [3.05, 3.63) is 11.8 Å². The molecule has 1 aromatic heterocycles. The van der Waals surface area contributed by atoms with E-state index in [0.29, 0.717) is 0 Å². The molecule has 0 spiro atoms. The van der Waals surface area contributed by atoms with Gasteiger partial charge in [0.25, 0.3) is 0 Å². The van der Waals surface area contributed by atoms with E-state index in [1.54, 1.807) is 0 Å². The smallest absolute Gasteiger partial charge is 0.217 e. The Labute approximate surface area is 122 Å². The monoisotopic (exact) mass is 279 g/mol. The van der Waals surface area contributed by atoms with E-state index in [4.69, 9.17) is 4.42 Å². The van der Waals surface area contributed by atoms with Crippen molar-refractivity contribution in [2.45, 2.75) is 77.7 Å². The van der Waals surface area contributed by atoms with Crippen LogP contribution in [0.25, 0.3) is 0 Å². The lowest BCUT2D eigenvalue weighted by molar-refractivity contribution is 0.370. The maximum Gasteiger partial charge on any atom is 0.217 e. The molecular weight excluding hydrogens is 250 g/mol. The van der Waals surface area contributed by atoms with Gasteiger partial charge in [0.05, 0.1) is 0 Å². The molecule has 0 amide bonds. The molecule has 1 fully saturated rings. The summed E-state index contributed by atoms with van der Waals surface area (Å²) in [6.45, 7) is 7.38. The highest BCUT2D eigenvalue weighted by Gasteiger charge is 2.16. The summed E-state index contributed by atoms with van der Waals surface area (Å²) in [6.07, 6.45) is 9.94. The van der Waals surface area contributed by atoms with E-state index in [-0.39, 0.29) is 5.54 Å². The van der Waals surface area contributed by atoms with E-state index < -0.39 is 0 Å². The molecule has 1 aliphatic carbocycles. The van der Waals surface area contributed by atoms with Gasteiger partial charge >= 0.3 is 0 Å². The van der Waals surface area contributed by atoms with Gasteiger partial charge in [-0.05, 0) is 39.5 Å². The Bertz CT molecular complexity index is 387. The minimum Gasteiger partial charge on any atom is -0.425 e. The Morgan fingerprint density at radius 2 is 1.70 bits per heavy atom. The third-order valence-electron chi connectivity index (χ3n) is 3.94. The van der Waals surface area contributed by atoms with Crippen LogP contribution in [0.5, 0.6) is 0 Å². The van der Waals surface area contributed by atoms with Gasteiger partial charge in [-0.15, -0.1) is 10.2 Å². The van der Waals surface area contributed by atoms with Crippen LogP contribution in [0.4, 0.5) is 0 Å². The van der Waals surface area contributed by atoms with Gasteiger partial charge in [-0.25, -0.2) is 0 Å². The SMILES string of the molecule is CC(C)(C)NCCc1nnc(CC2CCCCCC2)o1. The first-order chi connectivity index (χ1) is 9.53. The first-order valence-corrected chi connectivity index (χ1v) is 8.09. The molecule has 1 aromatic rings. The number of nitrogens with zero attached hydrogens (tertiary/aromatic N) is 2. The van der Waals surface area contributed by atoms with Gasteiger partial charge in [0.2, 0.25) is 11.8 Å². The standard InChI is InChI=1S/C16H29N3O/c1-16(2,3)17-11-10-14-18-19-15(20-14)12-13-8-6-4-5-7-9-13/h13,17H,4-12H2,1-3H3. The molecule has 0 radical (unpaired) electrons. The van der Waals surface area contributed by atoms with Gasteiger partial charge < -0.3 is 9.73 Å². The fourth-order valence-electron chi connectivity index (χ4n) is 2.83. The van der Waals surface area contributed by atoms with Crippen LogP contribution in [0.15, 0.2) is 4.42 Å². The van der Waals surface area contributed by atoms with Crippen molar-refractivity contribution in [3.63, 3.8) is 0 Å². The molecule has 0 aromatic carbocycles. The molecule has 20 heavy (non-hydrogen) atoms. The van der Waals surface area contributed by atoms with E-state index in [0.717, 1.165) is 37.1 Å². The predicted molar refractivity (Wildman–Crippen MR) is 80.7 cm³/mol. The van der Waals surface area contributed by atoms with Gasteiger partial charge in [0.1, 0.15) is 0 Å². The molecule has 4 heteroatoms. The molecule has 0 saturated heterocycles. The van der Waals surface area contributed by atoms with Crippen LogP contribution in [-0.4, -0.2) is 22.3 Å². The molecule has 114 valence electrons. The average Bonchev–Trinajstić information content (AvgIpc) is 2.64. The van der Waals surface area contributed by atoms with E-state index in [2.05, 4.69) is 36.3 Å². The summed E-state index contributed by atoms with van der Waals surface area (Å²) in [7, 11) is 0. The molecule has 0 atom stereocenters. The molecule has 1 N–H and O–H groups in total. The van der Waals surface area contributed by atoms with Crippen LogP contribution in [0, 0.1) is 5.92 Å². The van der Waals surface area contributed by atoms with Gasteiger partial charge in [0.15, 0.2) is 0 Å². The lowest BCUT2D eigenvalue weighted by Crippen LogP contribution is -2.37. The molecule has 1 heterocycles. The van der Waals surface area contributed by atoms with Crippen LogP contribution >= 0.6 is 0 Å². The number of nitrogens with one attached hydrogen (secondary N) is 1. The van der Waals surface area contributed by atoms with Crippen LogP contribution in [-0.2, 0) is 12.8 Å². The van der Waals surface area contributed by atoms with Crippen molar-refractivity contribution in [1.82, 2.24) is 15.5 Å². The molecule has 1 saturated carbocycles. The minimum absolute atomic E-state index is 0.142. The molecule has 0 bridgehead atoms. The van der Waals surface area contributed by atoms with Crippen LogP contribution in [0.1, 0.15) is 71.1 Å². The zero-order valence-corrected chi connectivity index (χ0v) is 13.2. The summed E-state index contributed by atoms with van der Waals surface area (Å²) in [5, 5.41) is 11.8. The van der Waals surface area contributed by atoms with E-state index in [9.17, 15) is 0 Å². The molecule has 4 nitrogen and oxygen atoms in total. The second-order valence-electron chi connectivity index (χ2n) is 7.08. The second kappa shape index (κ2) is 7.21. The first kappa shape index (κ1) is 15.5. The van der Waals surface area contributed by atoms with Crippen molar-refractivity contribution in [2.24, 2.45) is 5.92 Å². The zero-order chi connectivity index (χ0) is 14.4. The third kappa shape index (κ3) is 5.61. The summed E-state index contributed by atoms with van der Waals surface area (Å²) >= 11 is 0. The predicted octanol–water partition coefficient (Wildman–Crippen LogP) is 3.51. The fourth-order valence-corrected chi connectivity index (χ4v) is 2.83. The summed E-state index contributed by atoms with van der Waals surface area (Å²) in [4.78, 5) is 0. The largest absolute Gasteiger partial charge is 0.425 e. The highest BCUT2D eigenvalue weighted by Crippen LogP contribution is 2.25. The maximum absolute atomic E-state index is 5.78. The normalized spacial score (nSPS) is 18.1. The highest BCUT2D eigenvalue weighted by molar-refractivity contribution is 4.86. The molecule has 1 aliphatic rings. The van der Waals surface area contributed by atoms with Gasteiger partial charge in [-0.1, -0.05) is 25.7 Å². The lowest BCUT2D eigenvalue weighted by Gasteiger charge is -2.19. The van der Waals surface area contributed by atoms with Crippen LogP contribution in [0.3, 0.4) is 0 Å². The summed E-state index contributed by atoms with van der Waals surface area (Å²) in [6, 6.07) is 0. The Balaban J connectivity index is 1.76. The molecular formula is C16H29N3O. The van der Waals surface area contributed by atoms with E-state index in [1.165, 1.54) is 38.5 Å². The summed E-state index contributed by atoms with van der Waals surface area (Å²) in [5.74, 6) is 2.35. The minimum atomic E-state index is 0.142. The first-order valence-electron chi connectivity index (χ1n) is 8.09. The zero-order valence-electron chi connectivity index (χ0n) is 13.2. The summed E-state index contributed by atoms with van der Waals surface area (Å²) < 4.78 is 5.78. The van der Waals surface area contributed by atoms with Crippen molar-refractivity contribution in [1.29, 1.82) is 0 Å². The lowest BCUT2D eigenvalue weighted by atomic mass is 9.97. The molecule has 2 rings (SSSR count). The molecule has 0 unspecified atom stereocenters. The quantitative estimate of drug-likeness (QED) is 0.838. The van der Waals surface area contributed by atoms with Crippen LogP contribution in [0.2, 0.25) is 0 Å². The number of hydrogen-bond acceptors (Lipinski definition) is 4. The highest BCUT2D eigenvalue weighted by atomic mass is 16.4. The number of rotatable bonds is 5. The van der Waals surface area contributed by atoms with E-state index in [1.807, 2.05) is 0 Å². The van der Waals surface area contributed by atoms with Gasteiger partial charge in [-0.2, -0.15) is 0 Å². The Morgan fingerprint density at radius 3 is 2.35 bits per heavy atom. The second-order valence-corrected chi connectivity index (χ2v) is 7.08. The van der Waals surface area contributed by atoms with Crippen LogP contribution < -0.4 is 5.32 Å². The Morgan fingerprint density at radius 1 is 1.05 bits per heavy atom. The number of aromatic nitrogens is 2. The van der Waals surface area contributed by atoms with Gasteiger partial charge in [-0.3, -0.25) is 0 Å². The van der Waals surface area contributed by atoms with Crippen molar-refractivity contribution >= 4 is 0 Å². The van der Waals surface area contributed by atoms with Gasteiger partial charge in [0, 0.05) is 24.9 Å². The third-order valence-corrected chi connectivity index (χ3v) is 3.94.